The number of aryl methyl sites for hydroxylation is 2. The van der Waals surface area contributed by atoms with Gasteiger partial charge in [0.15, 0.2) is 0 Å². The van der Waals surface area contributed by atoms with Crippen molar-refractivity contribution in [1.82, 2.24) is 4.57 Å². The zero-order valence-electron chi connectivity index (χ0n) is 11.8. The van der Waals surface area contributed by atoms with E-state index in [4.69, 9.17) is 10.5 Å². The van der Waals surface area contributed by atoms with E-state index in [0.29, 0.717) is 6.61 Å². The highest BCUT2D eigenvalue weighted by Gasteiger charge is 2.09. The molecule has 0 aliphatic rings. The molecule has 0 fully saturated rings. The predicted octanol–water partition coefficient (Wildman–Crippen LogP) is 3.65. The minimum atomic E-state index is 0.547. The van der Waals surface area contributed by atoms with Gasteiger partial charge in [0, 0.05) is 24.2 Å². The van der Waals surface area contributed by atoms with Crippen LogP contribution in [0.5, 0.6) is 5.75 Å². The van der Waals surface area contributed by atoms with Crippen molar-refractivity contribution < 1.29 is 4.74 Å². The van der Waals surface area contributed by atoms with Crippen molar-refractivity contribution in [3.05, 3.63) is 59.8 Å². The van der Waals surface area contributed by atoms with Crippen LogP contribution in [0.1, 0.15) is 11.1 Å². The van der Waals surface area contributed by atoms with Crippen LogP contribution >= 0.6 is 0 Å². The first-order valence-electron chi connectivity index (χ1n) is 6.67. The lowest BCUT2D eigenvalue weighted by molar-refractivity contribution is 0.305. The summed E-state index contributed by atoms with van der Waals surface area (Å²) in [5.74, 6) is 0.924. The Labute approximate surface area is 118 Å². The second-order valence-electron chi connectivity index (χ2n) is 5.06. The van der Waals surface area contributed by atoms with Gasteiger partial charge < -0.3 is 15.0 Å². The fourth-order valence-corrected chi connectivity index (χ4v) is 2.57. The molecule has 0 atom stereocenters. The van der Waals surface area contributed by atoms with E-state index in [-0.39, 0.29) is 0 Å². The molecule has 0 saturated carbocycles. The Bertz CT molecular complexity index is 759. The van der Waals surface area contributed by atoms with Crippen LogP contribution in [0.3, 0.4) is 0 Å². The van der Waals surface area contributed by atoms with E-state index in [1.54, 1.807) is 0 Å². The first-order chi connectivity index (χ1) is 9.66. The molecule has 102 valence electrons. The molecule has 3 nitrogen and oxygen atoms in total. The normalized spacial score (nSPS) is 10.9. The van der Waals surface area contributed by atoms with Crippen molar-refractivity contribution in [1.29, 1.82) is 0 Å². The Balaban J connectivity index is 1.93. The van der Waals surface area contributed by atoms with Crippen molar-refractivity contribution >= 4 is 16.6 Å². The molecule has 3 rings (SSSR count). The summed E-state index contributed by atoms with van der Waals surface area (Å²) < 4.78 is 7.99. The molecule has 0 spiro atoms. The predicted molar refractivity (Wildman–Crippen MR) is 82.8 cm³/mol. The number of nitrogens with two attached hydrogens (primary N) is 1. The van der Waals surface area contributed by atoms with Crippen molar-refractivity contribution in [2.75, 3.05) is 5.73 Å². The number of nitrogens with zero attached hydrogens (tertiary/aromatic N) is 1. The highest BCUT2D eigenvalue weighted by Crippen LogP contribution is 2.27. The van der Waals surface area contributed by atoms with Crippen LogP contribution in [0, 0.1) is 6.92 Å². The molecule has 3 heteroatoms. The number of ether oxygens (including phenoxy) is 1. The average molecular weight is 266 g/mol. The van der Waals surface area contributed by atoms with Crippen molar-refractivity contribution in [2.45, 2.75) is 13.5 Å². The molecule has 0 amide bonds. The number of hydrogen-bond acceptors (Lipinski definition) is 2. The SMILES string of the molecule is Cc1ccccc1OCc1cn(C)c2c(N)cccc12. The smallest absolute Gasteiger partial charge is 0.122 e. The van der Waals surface area contributed by atoms with Gasteiger partial charge >= 0.3 is 0 Å². The van der Waals surface area contributed by atoms with E-state index in [1.165, 1.54) is 0 Å². The molecule has 0 radical (unpaired) electrons. The van der Waals surface area contributed by atoms with Crippen molar-refractivity contribution in [3.8, 4) is 5.75 Å². The van der Waals surface area contributed by atoms with Gasteiger partial charge in [-0.15, -0.1) is 0 Å². The summed E-state index contributed by atoms with van der Waals surface area (Å²) in [5, 5.41) is 1.15. The molecule has 1 heterocycles. The summed E-state index contributed by atoms with van der Waals surface area (Å²) >= 11 is 0. The lowest BCUT2D eigenvalue weighted by Gasteiger charge is -2.08. The largest absolute Gasteiger partial charge is 0.489 e. The van der Waals surface area contributed by atoms with Crippen LogP contribution in [0.4, 0.5) is 5.69 Å². The van der Waals surface area contributed by atoms with E-state index < -0.39 is 0 Å². The Kier molecular flexibility index (Phi) is 3.11. The van der Waals surface area contributed by atoms with E-state index in [2.05, 4.69) is 29.8 Å². The molecule has 0 unspecified atom stereocenters. The van der Waals surface area contributed by atoms with Gasteiger partial charge in [-0.1, -0.05) is 30.3 Å². The number of benzene rings is 2. The molecule has 2 aromatic carbocycles. The highest BCUT2D eigenvalue weighted by atomic mass is 16.5. The highest BCUT2D eigenvalue weighted by molar-refractivity contribution is 5.93. The number of para-hydroxylation sites is 2. The van der Waals surface area contributed by atoms with Crippen molar-refractivity contribution in [3.63, 3.8) is 0 Å². The number of rotatable bonds is 3. The number of aromatic nitrogens is 1. The number of anilines is 1. The fraction of sp³-hybridized carbons (Fsp3) is 0.176. The molecule has 2 N–H and O–H groups in total. The lowest BCUT2D eigenvalue weighted by Crippen LogP contribution is -1.96. The molecular formula is C17H18N2O. The van der Waals surface area contributed by atoms with Gasteiger partial charge in [0.1, 0.15) is 12.4 Å². The molecule has 3 aromatic rings. The monoisotopic (exact) mass is 266 g/mol. The van der Waals surface area contributed by atoms with Gasteiger partial charge in [-0.05, 0) is 24.6 Å². The van der Waals surface area contributed by atoms with Crippen LogP contribution in [0.15, 0.2) is 48.7 Å². The summed E-state index contributed by atoms with van der Waals surface area (Å²) in [6, 6.07) is 14.0. The van der Waals surface area contributed by atoms with E-state index >= 15 is 0 Å². The average Bonchev–Trinajstić information content (AvgIpc) is 2.76. The molecule has 0 aliphatic heterocycles. The van der Waals surface area contributed by atoms with Gasteiger partial charge in [-0.3, -0.25) is 0 Å². The van der Waals surface area contributed by atoms with Gasteiger partial charge in [0.05, 0.1) is 11.2 Å². The maximum atomic E-state index is 6.04. The summed E-state index contributed by atoms with van der Waals surface area (Å²) in [7, 11) is 2.01. The Morgan fingerprint density at radius 3 is 2.70 bits per heavy atom. The molecule has 0 aliphatic carbocycles. The van der Waals surface area contributed by atoms with E-state index in [1.807, 2.05) is 37.4 Å². The maximum Gasteiger partial charge on any atom is 0.122 e. The molecular weight excluding hydrogens is 248 g/mol. The standard InChI is InChI=1S/C17H18N2O/c1-12-6-3-4-9-16(12)20-11-13-10-19(2)17-14(13)7-5-8-15(17)18/h3-10H,11,18H2,1-2H3. The van der Waals surface area contributed by atoms with Gasteiger partial charge in [0.25, 0.3) is 0 Å². The van der Waals surface area contributed by atoms with Crippen LogP contribution < -0.4 is 10.5 Å². The summed E-state index contributed by atoms with van der Waals surface area (Å²) in [5.41, 5.74) is 10.2. The third-order valence-electron chi connectivity index (χ3n) is 3.59. The first kappa shape index (κ1) is 12.6. The topological polar surface area (TPSA) is 40.2 Å². The molecule has 20 heavy (non-hydrogen) atoms. The maximum absolute atomic E-state index is 6.04. The van der Waals surface area contributed by atoms with Gasteiger partial charge in [-0.2, -0.15) is 0 Å². The summed E-state index contributed by atoms with van der Waals surface area (Å²) in [6.07, 6.45) is 2.08. The Hall–Kier alpha value is -2.42. The van der Waals surface area contributed by atoms with Gasteiger partial charge in [-0.25, -0.2) is 0 Å². The molecule has 1 aromatic heterocycles. The summed E-state index contributed by atoms with van der Waals surface area (Å²) in [4.78, 5) is 0. The van der Waals surface area contributed by atoms with Crippen LogP contribution in [-0.4, -0.2) is 4.57 Å². The van der Waals surface area contributed by atoms with Crippen molar-refractivity contribution in [2.24, 2.45) is 7.05 Å². The number of nitrogen functional groups attached to an aromatic ring is 1. The zero-order valence-corrected chi connectivity index (χ0v) is 11.8. The third-order valence-corrected chi connectivity index (χ3v) is 3.59. The first-order valence-corrected chi connectivity index (χ1v) is 6.67. The quantitative estimate of drug-likeness (QED) is 0.735. The number of hydrogen-bond donors (Lipinski definition) is 1. The van der Waals surface area contributed by atoms with Gasteiger partial charge in [0.2, 0.25) is 0 Å². The lowest BCUT2D eigenvalue weighted by atomic mass is 10.1. The minimum absolute atomic E-state index is 0.547. The van der Waals surface area contributed by atoms with Crippen LogP contribution in [-0.2, 0) is 13.7 Å². The molecule has 0 saturated heterocycles. The van der Waals surface area contributed by atoms with E-state index in [0.717, 1.165) is 33.5 Å². The third kappa shape index (κ3) is 2.11. The van der Waals surface area contributed by atoms with Crippen LogP contribution in [0.2, 0.25) is 0 Å². The fourth-order valence-electron chi connectivity index (χ4n) is 2.57. The second kappa shape index (κ2) is 4.93. The van der Waals surface area contributed by atoms with E-state index in [9.17, 15) is 0 Å². The molecule has 0 bridgehead atoms. The van der Waals surface area contributed by atoms with Crippen LogP contribution in [0.25, 0.3) is 10.9 Å². The number of fused-ring (bicyclic) bond motifs is 1. The Morgan fingerprint density at radius 2 is 1.90 bits per heavy atom. The Morgan fingerprint density at radius 1 is 1.10 bits per heavy atom. The summed E-state index contributed by atoms with van der Waals surface area (Å²) in [6.45, 7) is 2.60. The minimum Gasteiger partial charge on any atom is -0.489 e. The second-order valence-corrected chi connectivity index (χ2v) is 5.06. The zero-order chi connectivity index (χ0) is 14.1.